The average molecular weight is 368 g/mol. The van der Waals surface area contributed by atoms with Gasteiger partial charge in [-0.3, -0.25) is 14.5 Å². The molecule has 0 N–H and O–H groups in total. The average Bonchev–Trinajstić information content (AvgIpc) is 3.05. The lowest BCUT2D eigenvalue weighted by Gasteiger charge is -2.15. The van der Waals surface area contributed by atoms with Crippen LogP contribution in [-0.4, -0.2) is 55.0 Å². The van der Waals surface area contributed by atoms with Crippen molar-refractivity contribution in [3.05, 3.63) is 35.4 Å². The van der Waals surface area contributed by atoms with Crippen molar-refractivity contribution in [2.45, 2.75) is 25.7 Å². The molecule has 0 aliphatic carbocycles. The van der Waals surface area contributed by atoms with Gasteiger partial charge in [-0.1, -0.05) is 12.1 Å². The van der Waals surface area contributed by atoms with Crippen molar-refractivity contribution in [1.29, 1.82) is 0 Å². The van der Waals surface area contributed by atoms with Crippen LogP contribution in [0.25, 0.3) is 0 Å². The highest BCUT2D eigenvalue weighted by Crippen LogP contribution is 2.28. The van der Waals surface area contributed by atoms with E-state index >= 15 is 0 Å². The summed E-state index contributed by atoms with van der Waals surface area (Å²) in [5.41, 5.74) is 0.739. The molecule has 3 rings (SSSR count). The first-order valence-corrected chi connectivity index (χ1v) is 8.97. The van der Waals surface area contributed by atoms with E-state index in [4.69, 9.17) is 18.5 Å². The van der Waals surface area contributed by atoms with Crippen LogP contribution in [0, 0.1) is 0 Å². The summed E-state index contributed by atoms with van der Waals surface area (Å²) in [6, 6.07) is 6.60. The van der Waals surface area contributed by atoms with Gasteiger partial charge in [-0.25, -0.2) is 0 Å². The van der Waals surface area contributed by atoms with Gasteiger partial charge in [-0.15, -0.1) is 9.05 Å². The second-order valence-corrected chi connectivity index (χ2v) is 7.07. The van der Waals surface area contributed by atoms with Crippen LogP contribution in [0.15, 0.2) is 24.3 Å². The summed E-state index contributed by atoms with van der Waals surface area (Å²) in [4.78, 5) is 25.4. The molecular weight excluding hydrogens is 349 g/mol. The molecule has 1 saturated heterocycles. The standard InChI is InChI=1S/C16H19NO7P/c1-16(2)21-9-11(24-16)10-23-25(20)22-8-7-17-14(18)12-5-3-4-6-13(12)15(17)19/h3-6,11H,7-10H2,1-2H3/q+1. The minimum absolute atomic E-state index is 0.00680. The summed E-state index contributed by atoms with van der Waals surface area (Å²) in [5.74, 6) is -1.43. The normalized spacial score (nSPS) is 22.4. The summed E-state index contributed by atoms with van der Waals surface area (Å²) in [6.45, 7) is 3.93. The molecule has 1 aromatic carbocycles. The Labute approximate surface area is 145 Å². The van der Waals surface area contributed by atoms with E-state index < -0.39 is 14.0 Å². The van der Waals surface area contributed by atoms with Gasteiger partial charge in [0.1, 0.15) is 19.3 Å². The van der Waals surface area contributed by atoms with Gasteiger partial charge in [0.15, 0.2) is 5.79 Å². The molecule has 25 heavy (non-hydrogen) atoms. The summed E-state index contributed by atoms with van der Waals surface area (Å²) in [6.07, 6.45) is -0.311. The maximum absolute atomic E-state index is 12.2. The van der Waals surface area contributed by atoms with E-state index in [1.807, 2.05) is 0 Å². The summed E-state index contributed by atoms with van der Waals surface area (Å²) in [7, 11) is -2.37. The molecule has 0 aromatic heterocycles. The highest BCUT2D eigenvalue weighted by molar-refractivity contribution is 7.33. The zero-order valence-electron chi connectivity index (χ0n) is 14.0. The van der Waals surface area contributed by atoms with E-state index in [2.05, 4.69) is 0 Å². The third-order valence-corrected chi connectivity index (χ3v) is 4.58. The third kappa shape index (κ3) is 4.11. The van der Waals surface area contributed by atoms with Crippen LogP contribution < -0.4 is 0 Å². The Hall–Kier alpha value is -1.70. The summed E-state index contributed by atoms with van der Waals surface area (Å²) in [5, 5.41) is 0. The molecule has 2 atom stereocenters. The number of carbonyl (C=O) groups is 2. The Balaban J connectivity index is 1.41. The number of imide groups is 1. The fourth-order valence-corrected chi connectivity index (χ4v) is 3.27. The quantitative estimate of drug-likeness (QED) is 0.538. The second-order valence-electron chi connectivity index (χ2n) is 6.11. The van der Waals surface area contributed by atoms with Crippen LogP contribution in [0.2, 0.25) is 0 Å². The smallest absolute Gasteiger partial charge is 0.348 e. The molecule has 2 aliphatic rings. The second kappa shape index (κ2) is 7.27. The lowest BCUT2D eigenvalue weighted by Crippen LogP contribution is -2.32. The molecule has 8 nitrogen and oxygen atoms in total. The summed E-state index contributed by atoms with van der Waals surface area (Å²) >= 11 is 0. The van der Waals surface area contributed by atoms with Crippen LogP contribution in [-0.2, 0) is 23.1 Å². The molecular formula is C16H19NO7P+. The van der Waals surface area contributed by atoms with Crippen LogP contribution in [0.3, 0.4) is 0 Å². The Morgan fingerprint density at radius 1 is 1.20 bits per heavy atom. The lowest BCUT2D eigenvalue weighted by atomic mass is 10.1. The Kier molecular flexibility index (Phi) is 5.27. The van der Waals surface area contributed by atoms with Crippen LogP contribution in [0.4, 0.5) is 0 Å². The van der Waals surface area contributed by atoms with Crippen molar-refractivity contribution >= 4 is 20.1 Å². The molecule has 0 radical (unpaired) electrons. The number of amides is 2. The first-order chi connectivity index (χ1) is 11.9. The Bertz CT molecular complexity index is 670. The Morgan fingerprint density at radius 2 is 1.84 bits per heavy atom. The number of rotatable bonds is 7. The van der Waals surface area contributed by atoms with Gasteiger partial charge < -0.3 is 9.47 Å². The molecule has 134 valence electrons. The maximum Gasteiger partial charge on any atom is 0.697 e. The van der Waals surface area contributed by atoms with Crippen molar-refractivity contribution in [3.63, 3.8) is 0 Å². The number of carbonyl (C=O) groups excluding carboxylic acids is 2. The van der Waals surface area contributed by atoms with Crippen molar-refractivity contribution in [1.82, 2.24) is 4.90 Å². The zero-order valence-corrected chi connectivity index (χ0v) is 14.9. The van der Waals surface area contributed by atoms with Crippen LogP contribution in [0.5, 0.6) is 0 Å². The van der Waals surface area contributed by atoms with Crippen molar-refractivity contribution < 1.29 is 32.7 Å². The third-order valence-electron chi connectivity index (χ3n) is 3.82. The highest BCUT2D eigenvalue weighted by atomic mass is 31.1. The van der Waals surface area contributed by atoms with E-state index in [1.54, 1.807) is 38.1 Å². The van der Waals surface area contributed by atoms with Gasteiger partial charge in [0.2, 0.25) is 0 Å². The van der Waals surface area contributed by atoms with E-state index in [0.717, 1.165) is 4.90 Å². The molecule has 2 heterocycles. The number of ether oxygens (including phenoxy) is 2. The largest absolute Gasteiger partial charge is 0.697 e. The first-order valence-electron chi connectivity index (χ1n) is 7.87. The van der Waals surface area contributed by atoms with E-state index in [1.165, 1.54) is 0 Å². The van der Waals surface area contributed by atoms with Gasteiger partial charge in [-0.05, 0) is 26.0 Å². The molecule has 0 spiro atoms. The molecule has 0 saturated carbocycles. The molecule has 9 heteroatoms. The van der Waals surface area contributed by atoms with Gasteiger partial charge in [0.05, 0.1) is 24.3 Å². The zero-order chi connectivity index (χ0) is 18.0. The number of benzene rings is 1. The van der Waals surface area contributed by atoms with Gasteiger partial charge in [0.25, 0.3) is 11.8 Å². The van der Waals surface area contributed by atoms with Crippen molar-refractivity contribution in [2.24, 2.45) is 0 Å². The SMILES string of the molecule is CC1(C)OCC(CO[P+](=O)OCCN2C(=O)c3ccccc3C2=O)O1. The predicted octanol–water partition coefficient (Wildman–Crippen LogP) is 2.12. The van der Waals surface area contributed by atoms with Crippen molar-refractivity contribution in [2.75, 3.05) is 26.4 Å². The van der Waals surface area contributed by atoms with Gasteiger partial charge in [-0.2, -0.15) is 0 Å². The van der Waals surface area contributed by atoms with E-state index in [-0.39, 0.29) is 37.7 Å². The van der Waals surface area contributed by atoms with Crippen molar-refractivity contribution in [3.8, 4) is 0 Å². The molecule has 2 unspecified atom stereocenters. The fourth-order valence-electron chi connectivity index (χ4n) is 2.68. The number of hydrogen-bond donors (Lipinski definition) is 0. The molecule has 2 aliphatic heterocycles. The summed E-state index contributed by atoms with van der Waals surface area (Å²) < 4.78 is 32.8. The van der Waals surface area contributed by atoms with E-state index in [0.29, 0.717) is 17.7 Å². The number of hydrogen-bond acceptors (Lipinski definition) is 7. The molecule has 0 bridgehead atoms. The Morgan fingerprint density at radius 3 is 2.40 bits per heavy atom. The van der Waals surface area contributed by atoms with Gasteiger partial charge >= 0.3 is 8.25 Å². The number of fused-ring (bicyclic) bond motifs is 1. The molecule has 2 amide bonds. The first kappa shape index (κ1) is 18.1. The highest BCUT2D eigenvalue weighted by Gasteiger charge is 2.37. The lowest BCUT2D eigenvalue weighted by molar-refractivity contribution is -0.141. The predicted molar refractivity (Wildman–Crippen MR) is 86.2 cm³/mol. The van der Waals surface area contributed by atoms with Crippen LogP contribution >= 0.6 is 8.25 Å². The topological polar surface area (TPSA) is 91.4 Å². The minimum Gasteiger partial charge on any atom is -0.348 e. The van der Waals surface area contributed by atoms with E-state index in [9.17, 15) is 14.2 Å². The number of nitrogens with zero attached hydrogens (tertiary/aromatic N) is 1. The van der Waals surface area contributed by atoms with Gasteiger partial charge in [0, 0.05) is 4.57 Å². The minimum atomic E-state index is -2.37. The fraction of sp³-hybridized carbons (Fsp3) is 0.500. The molecule has 1 fully saturated rings. The van der Waals surface area contributed by atoms with Crippen LogP contribution in [0.1, 0.15) is 34.6 Å². The maximum atomic E-state index is 12.2. The monoisotopic (exact) mass is 368 g/mol. The molecule has 1 aromatic rings.